The first kappa shape index (κ1) is 12.1. The topological polar surface area (TPSA) is 46.3 Å². The second-order valence-electron chi connectivity index (χ2n) is 3.91. The van der Waals surface area contributed by atoms with Crippen LogP contribution in [0.25, 0.3) is 0 Å². The molecule has 1 aliphatic rings. The zero-order valence-corrected chi connectivity index (χ0v) is 11.5. The van der Waals surface area contributed by atoms with E-state index in [0.717, 1.165) is 9.26 Å². The maximum Gasteiger partial charge on any atom is 0.227 e. The highest BCUT2D eigenvalue weighted by Crippen LogP contribution is 2.29. The molecule has 0 spiro atoms. The summed E-state index contributed by atoms with van der Waals surface area (Å²) in [6, 6.07) is 5.67. The number of carbonyl (C=O) groups is 1. The highest BCUT2D eigenvalue weighted by Gasteiger charge is 2.29. The molecule has 1 aromatic rings. The number of hydrogen-bond acceptors (Lipinski definition) is 2. The molecule has 0 saturated carbocycles. The molecule has 86 valence electrons. The van der Waals surface area contributed by atoms with Crippen molar-refractivity contribution in [1.29, 1.82) is 0 Å². The lowest BCUT2D eigenvalue weighted by Gasteiger charge is -2.17. The van der Waals surface area contributed by atoms with Crippen molar-refractivity contribution in [1.82, 2.24) is 0 Å². The maximum absolute atomic E-state index is 11.8. The van der Waals surface area contributed by atoms with E-state index in [1.54, 1.807) is 4.90 Å². The third kappa shape index (κ3) is 2.33. The van der Waals surface area contributed by atoms with E-state index in [2.05, 4.69) is 22.6 Å². The predicted molar refractivity (Wildman–Crippen MR) is 73.7 cm³/mol. The second kappa shape index (κ2) is 4.89. The molecule has 0 bridgehead atoms. The van der Waals surface area contributed by atoms with Crippen LogP contribution in [0, 0.1) is 9.49 Å². The van der Waals surface area contributed by atoms with E-state index >= 15 is 0 Å². The number of amides is 1. The molecule has 1 saturated heterocycles. The molecule has 1 unspecified atom stereocenters. The van der Waals surface area contributed by atoms with Crippen molar-refractivity contribution in [2.45, 2.75) is 6.42 Å². The lowest BCUT2D eigenvalue weighted by molar-refractivity contribution is -0.117. The van der Waals surface area contributed by atoms with E-state index in [1.807, 2.05) is 18.2 Å². The van der Waals surface area contributed by atoms with Gasteiger partial charge in [-0.1, -0.05) is 11.6 Å². The van der Waals surface area contributed by atoms with E-state index in [1.165, 1.54) is 0 Å². The number of carbonyl (C=O) groups excluding carboxylic acids is 1. The van der Waals surface area contributed by atoms with Gasteiger partial charge in [-0.15, -0.1) is 0 Å². The molecule has 1 fully saturated rings. The van der Waals surface area contributed by atoms with Gasteiger partial charge in [0.2, 0.25) is 5.91 Å². The predicted octanol–water partition coefficient (Wildman–Crippen LogP) is 2.26. The van der Waals surface area contributed by atoms with Crippen molar-refractivity contribution in [2.75, 3.05) is 18.0 Å². The molecule has 5 heteroatoms. The first-order valence-corrected chi connectivity index (χ1v) is 6.53. The maximum atomic E-state index is 11.8. The lowest BCUT2D eigenvalue weighted by Crippen LogP contribution is -2.25. The minimum absolute atomic E-state index is 0.132. The smallest absolute Gasteiger partial charge is 0.227 e. The summed E-state index contributed by atoms with van der Waals surface area (Å²) < 4.78 is 0.991. The molecule has 1 heterocycles. The molecule has 2 rings (SSSR count). The Kier molecular flexibility index (Phi) is 3.71. The fraction of sp³-hybridized carbons (Fsp3) is 0.364. The molecular formula is C11H12ClIN2O. The van der Waals surface area contributed by atoms with Crippen LogP contribution in [0.4, 0.5) is 5.69 Å². The Balaban J connectivity index is 2.24. The largest absolute Gasteiger partial charge is 0.330 e. The number of nitrogens with two attached hydrogens (primary N) is 1. The molecule has 1 amide bonds. The number of rotatable bonds is 2. The van der Waals surface area contributed by atoms with Crippen molar-refractivity contribution < 1.29 is 4.79 Å². The zero-order valence-electron chi connectivity index (χ0n) is 8.62. The van der Waals surface area contributed by atoms with E-state index in [0.29, 0.717) is 24.5 Å². The van der Waals surface area contributed by atoms with Gasteiger partial charge in [0.15, 0.2) is 0 Å². The number of halogens is 2. The number of nitrogens with zero attached hydrogens (tertiary/aromatic N) is 1. The highest BCUT2D eigenvalue weighted by molar-refractivity contribution is 14.1. The van der Waals surface area contributed by atoms with Crippen LogP contribution in [-0.4, -0.2) is 19.0 Å². The van der Waals surface area contributed by atoms with Gasteiger partial charge >= 0.3 is 0 Å². The third-order valence-electron chi connectivity index (χ3n) is 2.75. The summed E-state index contributed by atoms with van der Waals surface area (Å²) in [5, 5.41) is 0.682. The average molecular weight is 351 g/mol. The van der Waals surface area contributed by atoms with Gasteiger partial charge in [0.05, 0.1) is 5.02 Å². The van der Waals surface area contributed by atoms with E-state index in [-0.39, 0.29) is 11.8 Å². The Bertz CT molecular complexity index is 424. The number of hydrogen-bond donors (Lipinski definition) is 1. The molecule has 2 N–H and O–H groups in total. The average Bonchev–Trinajstić information content (AvgIpc) is 2.64. The first-order valence-electron chi connectivity index (χ1n) is 5.07. The summed E-state index contributed by atoms with van der Waals surface area (Å²) in [7, 11) is 0. The highest BCUT2D eigenvalue weighted by atomic mass is 127. The summed E-state index contributed by atoms with van der Waals surface area (Å²) >= 11 is 8.21. The molecule has 16 heavy (non-hydrogen) atoms. The zero-order chi connectivity index (χ0) is 11.7. The van der Waals surface area contributed by atoms with Crippen LogP contribution < -0.4 is 10.6 Å². The van der Waals surface area contributed by atoms with Gasteiger partial charge in [-0.25, -0.2) is 0 Å². The Hall–Kier alpha value is -0.330. The van der Waals surface area contributed by atoms with Crippen LogP contribution in [0.3, 0.4) is 0 Å². The second-order valence-corrected chi connectivity index (χ2v) is 5.48. The first-order chi connectivity index (χ1) is 7.61. The summed E-state index contributed by atoms with van der Waals surface area (Å²) in [5.41, 5.74) is 6.45. The standard InChI is InChI=1S/C11H12ClIN2O/c12-9-4-8(1-2-10(9)13)15-6-7(5-14)3-11(15)16/h1-2,4,7H,3,5-6,14H2. The lowest BCUT2D eigenvalue weighted by atomic mass is 10.1. The molecule has 0 aliphatic carbocycles. The third-order valence-corrected chi connectivity index (χ3v) is 4.33. The quantitative estimate of drug-likeness (QED) is 0.832. The van der Waals surface area contributed by atoms with E-state index in [9.17, 15) is 4.79 Å². The minimum Gasteiger partial charge on any atom is -0.330 e. The van der Waals surface area contributed by atoms with E-state index in [4.69, 9.17) is 17.3 Å². The van der Waals surface area contributed by atoms with Gasteiger partial charge in [-0.2, -0.15) is 0 Å². The van der Waals surface area contributed by atoms with Gasteiger partial charge < -0.3 is 10.6 Å². The summed E-state index contributed by atoms with van der Waals surface area (Å²) in [6.45, 7) is 1.26. The Morgan fingerprint density at radius 1 is 1.56 bits per heavy atom. The number of benzene rings is 1. The molecule has 3 nitrogen and oxygen atoms in total. The van der Waals surface area contributed by atoms with Gasteiger partial charge in [0, 0.05) is 22.2 Å². The minimum atomic E-state index is 0.132. The van der Waals surface area contributed by atoms with Crippen LogP contribution >= 0.6 is 34.2 Å². The summed E-state index contributed by atoms with van der Waals surface area (Å²) in [5.74, 6) is 0.401. The Morgan fingerprint density at radius 2 is 2.31 bits per heavy atom. The van der Waals surface area contributed by atoms with Crippen molar-refractivity contribution >= 4 is 45.8 Å². The fourth-order valence-electron chi connectivity index (χ4n) is 1.84. The van der Waals surface area contributed by atoms with Crippen LogP contribution in [0.5, 0.6) is 0 Å². The van der Waals surface area contributed by atoms with Crippen LogP contribution in [0.1, 0.15) is 6.42 Å². The molecule has 1 atom stereocenters. The van der Waals surface area contributed by atoms with Crippen LogP contribution in [-0.2, 0) is 4.79 Å². The fourth-order valence-corrected chi connectivity index (χ4v) is 2.35. The van der Waals surface area contributed by atoms with Gasteiger partial charge in [0.1, 0.15) is 0 Å². The van der Waals surface area contributed by atoms with Crippen molar-refractivity contribution in [3.8, 4) is 0 Å². The molecular weight excluding hydrogens is 338 g/mol. The van der Waals surface area contributed by atoms with Crippen LogP contribution in [0.2, 0.25) is 5.02 Å². The summed E-state index contributed by atoms with van der Waals surface area (Å²) in [4.78, 5) is 13.5. The van der Waals surface area contributed by atoms with Crippen molar-refractivity contribution in [3.05, 3.63) is 26.8 Å². The van der Waals surface area contributed by atoms with Crippen molar-refractivity contribution in [3.63, 3.8) is 0 Å². The number of anilines is 1. The molecule has 1 aromatic carbocycles. The van der Waals surface area contributed by atoms with Crippen molar-refractivity contribution in [2.24, 2.45) is 11.7 Å². The monoisotopic (exact) mass is 350 g/mol. The van der Waals surface area contributed by atoms with E-state index < -0.39 is 0 Å². The van der Waals surface area contributed by atoms with Gasteiger partial charge in [-0.05, 0) is 53.3 Å². The Labute approximate surface area is 113 Å². The normalized spacial score (nSPS) is 20.6. The molecule has 0 aromatic heterocycles. The SMILES string of the molecule is NCC1CC(=O)N(c2ccc(I)c(Cl)c2)C1. The summed E-state index contributed by atoms with van der Waals surface area (Å²) in [6.07, 6.45) is 0.542. The van der Waals surface area contributed by atoms with Crippen LogP contribution in [0.15, 0.2) is 18.2 Å². The molecule has 0 radical (unpaired) electrons. The Morgan fingerprint density at radius 3 is 2.88 bits per heavy atom. The molecule has 1 aliphatic heterocycles. The van der Waals surface area contributed by atoms with Gasteiger partial charge in [0.25, 0.3) is 0 Å². The van der Waals surface area contributed by atoms with Gasteiger partial charge in [-0.3, -0.25) is 4.79 Å².